The third-order valence-electron chi connectivity index (χ3n) is 3.84. The summed E-state index contributed by atoms with van der Waals surface area (Å²) in [6.45, 7) is 3.51. The molecule has 1 aromatic carbocycles. The van der Waals surface area contributed by atoms with Crippen molar-refractivity contribution in [1.82, 2.24) is 14.9 Å². The fraction of sp³-hybridized carbons (Fsp3) is 0.412. The van der Waals surface area contributed by atoms with Gasteiger partial charge >= 0.3 is 0 Å². The Labute approximate surface area is 130 Å². The summed E-state index contributed by atoms with van der Waals surface area (Å²) in [5.41, 5.74) is 0.644. The maximum atomic E-state index is 12.4. The van der Waals surface area contributed by atoms with Crippen LogP contribution in [0.1, 0.15) is 35.9 Å². The zero-order valence-corrected chi connectivity index (χ0v) is 12.8. The molecule has 5 heteroatoms. The second kappa shape index (κ2) is 6.64. The second-order valence-electron chi connectivity index (χ2n) is 5.58. The van der Waals surface area contributed by atoms with Crippen molar-refractivity contribution in [3.05, 3.63) is 48.0 Å². The van der Waals surface area contributed by atoms with Crippen LogP contribution in [0.5, 0.6) is 5.75 Å². The zero-order chi connectivity index (χ0) is 15.4. The molecule has 5 nitrogen and oxygen atoms in total. The van der Waals surface area contributed by atoms with Crippen molar-refractivity contribution in [2.75, 3.05) is 6.61 Å². The monoisotopic (exact) mass is 299 g/mol. The number of aromatic nitrogens is 2. The van der Waals surface area contributed by atoms with Crippen molar-refractivity contribution >= 4 is 5.91 Å². The van der Waals surface area contributed by atoms with Crippen molar-refractivity contribution < 1.29 is 9.53 Å². The van der Waals surface area contributed by atoms with Gasteiger partial charge in [-0.15, -0.1) is 0 Å². The summed E-state index contributed by atoms with van der Waals surface area (Å²) in [6, 6.07) is 7.50. The molecule has 1 aliphatic heterocycles. The Hall–Kier alpha value is -2.30. The van der Waals surface area contributed by atoms with Crippen molar-refractivity contribution in [2.24, 2.45) is 0 Å². The minimum Gasteiger partial charge on any atom is -0.494 e. The minimum atomic E-state index is -0.0458. The summed E-state index contributed by atoms with van der Waals surface area (Å²) in [5, 5.41) is 3.11. The van der Waals surface area contributed by atoms with E-state index >= 15 is 0 Å². The van der Waals surface area contributed by atoms with Gasteiger partial charge in [0.25, 0.3) is 5.91 Å². The third kappa shape index (κ3) is 3.30. The number of benzene rings is 1. The predicted octanol–water partition coefficient (Wildman–Crippen LogP) is 2.42. The van der Waals surface area contributed by atoms with E-state index in [4.69, 9.17) is 4.74 Å². The van der Waals surface area contributed by atoms with Crippen molar-refractivity contribution in [3.63, 3.8) is 0 Å². The molecular weight excluding hydrogens is 278 g/mol. The average molecular weight is 299 g/mol. The van der Waals surface area contributed by atoms with Crippen molar-refractivity contribution in [1.29, 1.82) is 0 Å². The van der Waals surface area contributed by atoms with Gasteiger partial charge in [-0.05, 0) is 31.0 Å². The number of rotatable bonds is 5. The van der Waals surface area contributed by atoms with E-state index in [9.17, 15) is 4.79 Å². The van der Waals surface area contributed by atoms with E-state index < -0.39 is 0 Å². The molecule has 1 N–H and O–H groups in total. The Morgan fingerprint density at radius 2 is 2.41 bits per heavy atom. The van der Waals surface area contributed by atoms with E-state index in [1.54, 1.807) is 6.07 Å². The van der Waals surface area contributed by atoms with Crippen LogP contribution in [0.4, 0.5) is 0 Å². The summed E-state index contributed by atoms with van der Waals surface area (Å²) < 4.78 is 7.69. The lowest BCUT2D eigenvalue weighted by Crippen LogP contribution is -2.40. The molecule has 1 atom stereocenters. The maximum Gasteiger partial charge on any atom is 0.251 e. The third-order valence-corrected chi connectivity index (χ3v) is 3.84. The Morgan fingerprint density at radius 3 is 3.27 bits per heavy atom. The SMILES string of the molecule is CCCOc1cccc(C(=O)N[C@@H]2CCc3nccn3C2)c1. The largest absolute Gasteiger partial charge is 0.494 e. The molecule has 116 valence electrons. The fourth-order valence-electron chi connectivity index (χ4n) is 2.70. The molecule has 0 fully saturated rings. The number of carbonyl (C=O) groups excluding carboxylic acids is 1. The van der Waals surface area contributed by atoms with Gasteiger partial charge in [0.2, 0.25) is 0 Å². The molecule has 0 spiro atoms. The molecule has 2 aromatic rings. The van der Waals surface area contributed by atoms with E-state index in [2.05, 4.69) is 21.8 Å². The van der Waals surface area contributed by atoms with Crippen LogP contribution in [-0.4, -0.2) is 28.1 Å². The maximum absolute atomic E-state index is 12.4. The fourth-order valence-corrected chi connectivity index (χ4v) is 2.70. The summed E-state index contributed by atoms with van der Waals surface area (Å²) in [4.78, 5) is 16.7. The van der Waals surface area contributed by atoms with Gasteiger partial charge in [0.15, 0.2) is 0 Å². The Bertz CT molecular complexity index is 651. The smallest absolute Gasteiger partial charge is 0.251 e. The van der Waals surface area contributed by atoms with Crippen LogP contribution in [-0.2, 0) is 13.0 Å². The second-order valence-corrected chi connectivity index (χ2v) is 5.58. The predicted molar refractivity (Wildman–Crippen MR) is 84.0 cm³/mol. The Kier molecular flexibility index (Phi) is 4.42. The molecule has 22 heavy (non-hydrogen) atoms. The number of nitrogens with one attached hydrogen (secondary N) is 1. The molecule has 2 heterocycles. The van der Waals surface area contributed by atoms with Gasteiger partial charge in [-0.1, -0.05) is 13.0 Å². The first-order chi connectivity index (χ1) is 10.8. The number of carbonyl (C=O) groups is 1. The van der Waals surface area contributed by atoms with Crippen LogP contribution in [0, 0.1) is 0 Å². The molecule has 0 radical (unpaired) electrons. The number of hydrogen-bond donors (Lipinski definition) is 1. The summed E-state index contributed by atoms with van der Waals surface area (Å²) in [6.07, 6.45) is 6.55. The van der Waals surface area contributed by atoms with E-state index in [1.807, 2.05) is 30.6 Å². The van der Waals surface area contributed by atoms with Gasteiger partial charge in [-0.3, -0.25) is 4.79 Å². The highest BCUT2D eigenvalue weighted by Gasteiger charge is 2.20. The molecule has 0 aliphatic carbocycles. The van der Waals surface area contributed by atoms with Crippen molar-refractivity contribution in [2.45, 2.75) is 38.8 Å². The Balaban J connectivity index is 1.62. The highest BCUT2D eigenvalue weighted by atomic mass is 16.5. The van der Waals surface area contributed by atoms with Gasteiger partial charge in [-0.2, -0.15) is 0 Å². The zero-order valence-electron chi connectivity index (χ0n) is 12.8. The summed E-state index contributed by atoms with van der Waals surface area (Å²) in [5.74, 6) is 1.80. The summed E-state index contributed by atoms with van der Waals surface area (Å²) in [7, 11) is 0. The van der Waals surface area contributed by atoms with Gasteiger partial charge in [-0.25, -0.2) is 4.98 Å². The average Bonchev–Trinajstić information content (AvgIpc) is 3.01. The topological polar surface area (TPSA) is 56.1 Å². The molecular formula is C17H21N3O2. The number of ether oxygens (including phenoxy) is 1. The molecule has 0 bridgehead atoms. The number of hydrogen-bond acceptors (Lipinski definition) is 3. The highest BCUT2D eigenvalue weighted by Crippen LogP contribution is 2.16. The molecule has 1 aromatic heterocycles. The van der Waals surface area contributed by atoms with Crippen LogP contribution in [0.3, 0.4) is 0 Å². The lowest BCUT2D eigenvalue weighted by Gasteiger charge is -2.24. The first-order valence-electron chi connectivity index (χ1n) is 7.80. The van der Waals surface area contributed by atoms with Crippen LogP contribution in [0.15, 0.2) is 36.7 Å². The number of nitrogens with zero attached hydrogens (tertiary/aromatic N) is 2. The van der Waals surface area contributed by atoms with Gasteiger partial charge in [0.1, 0.15) is 11.6 Å². The molecule has 3 rings (SSSR count). The molecule has 0 saturated heterocycles. The van der Waals surface area contributed by atoms with Crippen LogP contribution in [0.2, 0.25) is 0 Å². The van der Waals surface area contributed by atoms with Gasteiger partial charge < -0.3 is 14.6 Å². The molecule has 0 unspecified atom stereocenters. The molecule has 0 saturated carbocycles. The van der Waals surface area contributed by atoms with Crippen LogP contribution in [0.25, 0.3) is 0 Å². The van der Waals surface area contributed by atoms with Gasteiger partial charge in [0.05, 0.1) is 6.61 Å². The van der Waals surface area contributed by atoms with E-state index in [0.29, 0.717) is 12.2 Å². The molecule has 1 aliphatic rings. The number of fused-ring (bicyclic) bond motifs is 1. The standard InChI is InChI=1S/C17H21N3O2/c1-2-10-22-15-5-3-4-13(11-15)17(21)19-14-6-7-16-18-8-9-20(16)12-14/h3-5,8-9,11,14H,2,6-7,10,12H2,1H3,(H,19,21)/t14-/m1/s1. The van der Waals surface area contributed by atoms with Crippen LogP contribution >= 0.6 is 0 Å². The normalized spacial score (nSPS) is 16.9. The highest BCUT2D eigenvalue weighted by molar-refractivity contribution is 5.94. The minimum absolute atomic E-state index is 0.0458. The first kappa shape index (κ1) is 14.6. The van der Waals surface area contributed by atoms with E-state index in [0.717, 1.165) is 37.4 Å². The quantitative estimate of drug-likeness (QED) is 0.922. The van der Waals surface area contributed by atoms with E-state index in [-0.39, 0.29) is 11.9 Å². The molecule has 1 amide bonds. The number of amides is 1. The first-order valence-corrected chi connectivity index (χ1v) is 7.80. The van der Waals surface area contributed by atoms with Crippen LogP contribution < -0.4 is 10.1 Å². The summed E-state index contributed by atoms with van der Waals surface area (Å²) >= 11 is 0. The Morgan fingerprint density at radius 1 is 1.50 bits per heavy atom. The number of imidazole rings is 1. The van der Waals surface area contributed by atoms with Crippen molar-refractivity contribution in [3.8, 4) is 5.75 Å². The van der Waals surface area contributed by atoms with E-state index in [1.165, 1.54) is 0 Å². The lowest BCUT2D eigenvalue weighted by atomic mass is 10.1. The lowest BCUT2D eigenvalue weighted by molar-refractivity contribution is 0.0927. The number of aryl methyl sites for hydroxylation is 1. The van der Waals surface area contributed by atoms with Gasteiger partial charge in [0, 0.05) is 37.0 Å².